The fourth-order valence-electron chi connectivity index (χ4n) is 1.28. The summed E-state index contributed by atoms with van der Waals surface area (Å²) in [5, 5.41) is 3.76. The predicted molar refractivity (Wildman–Crippen MR) is 53.1 cm³/mol. The monoisotopic (exact) mass is 225 g/mol. The van der Waals surface area contributed by atoms with E-state index in [1.54, 1.807) is 5.94 Å². The third-order valence-corrected chi connectivity index (χ3v) is 2.29. The highest BCUT2D eigenvalue weighted by atomic mass is 35.5. The molecule has 0 radical (unpaired) electrons. The molecule has 2 rings (SSSR count). The van der Waals surface area contributed by atoms with E-state index < -0.39 is 5.82 Å². The molecule has 1 aliphatic rings. The first-order valence-electron chi connectivity index (χ1n) is 4.12. The minimum atomic E-state index is -0.542. The first-order chi connectivity index (χ1) is 7.24. The second kappa shape index (κ2) is 3.85. The maximum Gasteiger partial charge on any atom is 0.154 e. The van der Waals surface area contributed by atoms with E-state index >= 15 is 0 Å². The van der Waals surface area contributed by atoms with Gasteiger partial charge in [-0.15, -0.1) is 0 Å². The molecule has 15 heavy (non-hydrogen) atoms. The van der Waals surface area contributed by atoms with Crippen molar-refractivity contribution in [1.82, 2.24) is 0 Å². The number of benzene rings is 1. The highest BCUT2D eigenvalue weighted by molar-refractivity contribution is 6.36. The molecule has 0 fully saturated rings. The van der Waals surface area contributed by atoms with E-state index in [4.69, 9.17) is 11.6 Å². The van der Waals surface area contributed by atoms with Crippen molar-refractivity contribution in [2.24, 2.45) is 5.16 Å². The Morgan fingerprint density at radius 2 is 2.33 bits per heavy atom. The van der Waals surface area contributed by atoms with E-state index in [9.17, 15) is 9.18 Å². The van der Waals surface area contributed by atoms with Gasteiger partial charge in [0, 0.05) is 0 Å². The van der Waals surface area contributed by atoms with Crippen LogP contribution in [0.4, 0.5) is 4.39 Å². The molecule has 1 aromatic carbocycles. The topological polar surface area (TPSA) is 38.7 Å². The molecule has 0 spiro atoms. The van der Waals surface area contributed by atoms with Gasteiger partial charge in [-0.05, 0) is 12.1 Å². The van der Waals surface area contributed by atoms with Gasteiger partial charge < -0.3 is 4.84 Å². The summed E-state index contributed by atoms with van der Waals surface area (Å²) in [6.45, 7) is 0.00347. The van der Waals surface area contributed by atoms with Crippen molar-refractivity contribution in [3.8, 4) is 0 Å². The third kappa shape index (κ3) is 1.65. The quantitative estimate of drug-likeness (QED) is 0.686. The molecule has 0 saturated carbocycles. The zero-order chi connectivity index (χ0) is 10.8. The van der Waals surface area contributed by atoms with Crippen LogP contribution in [0.3, 0.4) is 0 Å². The molecule has 3 nitrogen and oxygen atoms in total. The fourth-order valence-corrected chi connectivity index (χ4v) is 1.54. The lowest BCUT2D eigenvalue weighted by Crippen LogP contribution is -2.06. The molecule has 0 unspecified atom stereocenters. The molecule has 0 aliphatic carbocycles. The van der Waals surface area contributed by atoms with Crippen molar-refractivity contribution in [1.29, 1.82) is 0 Å². The van der Waals surface area contributed by atoms with Gasteiger partial charge in [0.1, 0.15) is 23.0 Å². The molecule has 1 heterocycles. The second-order valence-corrected chi connectivity index (χ2v) is 3.30. The molecule has 0 amide bonds. The Hall–Kier alpha value is -1.64. The van der Waals surface area contributed by atoms with Gasteiger partial charge in [-0.1, -0.05) is 22.8 Å². The molecule has 5 heteroatoms. The molecule has 1 aromatic rings. The van der Waals surface area contributed by atoms with Crippen LogP contribution in [0.2, 0.25) is 5.02 Å². The Bertz CT molecular complexity index is 472. The largest absolute Gasteiger partial charge is 0.390 e. The summed E-state index contributed by atoms with van der Waals surface area (Å²) in [4.78, 5) is 15.2. The summed E-state index contributed by atoms with van der Waals surface area (Å²) in [5.41, 5.74) is 0.366. The molecule has 0 N–H and O–H groups in total. The van der Waals surface area contributed by atoms with Gasteiger partial charge in [0.25, 0.3) is 0 Å². The molecule has 1 aliphatic heterocycles. The highest BCUT2D eigenvalue weighted by Gasteiger charge is 2.23. The summed E-state index contributed by atoms with van der Waals surface area (Å²) in [7, 11) is 0. The predicted octanol–water partition coefficient (Wildman–Crippen LogP) is 1.97. The van der Waals surface area contributed by atoms with Crippen molar-refractivity contribution < 1.29 is 14.0 Å². The van der Waals surface area contributed by atoms with Crippen LogP contribution in [0.15, 0.2) is 28.9 Å². The average Bonchev–Trinajstić information content (AvgIpc) is 2.65. The molecule has 0 bridgehead atoms. The maximum atomic E-state index is 13.4. The van der Waals surface area contributed by atoms with Crippen molar-refractivity contribution in [3.63, 3.8) is 0 Å². The Morgan fingerprint density at radius 3 is 3.00 bits per heavy atom. The zero-order valence-corrected chi connectivity index (χ0v) is 8.21. The maximum absolute atomic E-state index is 13.4. The summed E-state index contributed by atoms with van der Waals surface area (Å²) < 4.78 is 13.4. The van der Waals surface area contributed by atoms with E-state index in [1.165, 1.54) is 18.2 Å². The van der Waals surface area contributed by atoms with Crippen LogP contribution in [-0.4, -0.2) is 18.3 Å². The van der Waals surface area contributed by atoms with Crippen LogP contribution in [-0.2, 0) is 9.63 Å². The van der Waals surface area contributed by atoms with Gasteiger partial charge in [-0.3, -0.25) is 0 Å². The normalized spacial score (nSPS) is 14.5. The number of hydrogen-bond donors (Lipinski definition) is 0. The van der Waals surface area contributed by atoms with E-state index in [-0.39, 0.29) is 28.5 Å². The van der Waals surface area contributed by atoms with Gasteiger partial charge in [0.05, 0.1) is 10.6 Å². The van der Waals surface area contributed by atoms with Crippen LogP contribution in [0, 0.1) is 5.82 Å². The van der Waals surface area contributed by atoms with E-state index in [1.807, 2.05) is 0 Å². The van der Waals surface area contributed by atoms with Gasteiger partial charge >= 0.3 is 0 Å². The number of carbonyl (C=O) groups excluding carboxylic acids is 1. The molecule has 76 valence electrons. The minimum absolute atomic E-state index is 0.00347. The van der Waals surface area contributed by atoms with Crippen LogP contribution in [0.1, 0.15) is 5.56 Å². The summed E-state index contributed by atoms with van der Waals surface area (Å²) >= 11 is 5.81. The molecule has 0 atom stereocenters. The average molecular weight is 226 g/mol. The smallest absolute Gasteiger partial charge is 0.154 e. The number of rotatable bonds is 1. The van der Waals surface area contributed by atoms with E-state index in [2.05, 4.69) is 9.99 Å². The zero-order valence-electron chi connectivity index (χ0n) is 7.46. The number of oxime groups is 1. The SMILES string of the molecule is O=C=C1CON=C1c1c(F)cccc1Cl. The van der Waals surface area contributed by atoms with Crippen molar-refractivity contribution in [2.75, 3.05) is 6.61 Å². The molecular formula is C10H5ClFNO2. The van der Waals surface area contributed by atoms with Crippen molar-refractivity contribution >= 4 is 23.3 Å². The van der Waals surface area contributed by atoms with E-state index in [0.29, 0.717) is 0 Å². The Morgan fingerprint density at radius 1 is 1.53 bits per heavy atom. The van der Waals surface area contributed by atoms with E-state index in [0.717, 1.165) is 0 Å². The molecule has 0 saturated heterocycles. The first-order valence-corrected chi connectivity index (χ1v) is 4.50. The molecule has 0 aromatic heterocycles. The summed E-state index contributed by atoms with van der Waals surface area (Å²) in [6.07, 6.45) is 0. The lowest BCUT2D eigenvalue weighted by atomic mass is 10.0. The van der Waals surface area contributed by atoms with Crippen molar-refractivity contribution in [3.05, 3.63) is 40.2 Å². The Balaban J connectivity index is 2.60. The van der Waals surface area contributed by atoms with Gasteiger partial charge in [0.15, 0.2) is 6.61 Å². The van der Waals surface area contributed by atoms with Crippen LogP contribution in [0.25, 0.3) is 0 Å². The standard InChI is InChI=1S/C10H5ClFNO2/c11-7-2-1-3-8(12)9(7)10-6(4-14)5-15-13-10/h1-3H,5H2. The van der Waals surface area contributed by atoms with Gasteiger partial charge in [-0.25, -0.2) is 9.18 Å². The third-order valence-electron chi connectivity index (χ3n) is 1.97. The van der Waals surface area contributed by atoms with Gasteiger partial charge in [0.2, 0.25) is 0 Å². The Kier molecular flexibility index (Phi) is 2.54. The first kappa shape index (κ1) is 9.90. The number of halogens is 2. The lowest BCUT2D eigenvalue weighted by Gasteiger charge is -2.02. The summed E-state index contributed by atoms with van der Waals surface area (Å²) in [5.74, 6) is 1.11. The molecular weight excluding hydrogens is 221 g/mol. The highest BCUT2D eigenvalue weighted by Crippen LogP contribution is 2.24. The Labute approximate surface area is 89.8 Å². The minimum Gasteiger partial charge on any atom is -0.390 e. The van der Waals surface area contributed by atoms with Crippen LogP contribution in [0.5, 0.6) is 0 Å². The van der Waals surface area contributed by atoms with Crippen LogP contribution < -0.4 is 0 Å². The number of hydrogen-bond acceptors (Lipinski definition) is 3. The lowest BCUT2D eigenvalue weighted by molar-refractivity contribution is 0.187. The number of nitrogens with zero attached hydrogens (tertiary/aromatic N) is 1. The van der Waals surface area contributed by atoms with Crippen LogP contribution >= 0.6 is 11.6 Å². The fraction of sp³-hybridized carbons (Fsp3) is 0.100. The van der Waals surface area contributed by atoms with Crippen molar-refractivity contribution in [2.45, 2.75) is 0 Å². The summed E-state index contributed by atoms with van der Waals surface area (Å²) in [6, 6.07) is 4.23. The van der Waals surface area contributed by atoms with Gasteiger partial charge in [-0.2, -0.15) is 0 Å². The second-order valence-electron chi connectivity index (χ2n) is 2.89.